The predicted molar refractivity (Wildman–Crippen MR) is 98.7 cm³/mol. The first-order chi connectivity index (χ1) is 12.4. The third-order valence-corrected chi connectivity index (χ3v) is 3.71. The molecule has 0 spiro atoms. The van der Waals surface area contributed by atoms with Crippen LogP contribution in [0.1, 0.15) is 64.7 Å². The molecule has 2 atom stereocenters. The molecule has 7 heteroatoms. The minimum absolute atomic E-state index is 0.132. The second-order valence-corrected chi connectivity index (χ2v) is 6.13. The fourth-order valence-electron chi connectivity index (χ4n) is 2.21. The number of aliphatic hydroxyl groups is 1. The molecule has 0 bridgehead atoms. The Morgan fingerprint density at radius 3 is 2.35 bits per heavy atom. The lowest BCUT2D eigenvalue weighted by atomic mass is 10.1. The molecule has 0 aromatic carbocycles. The van der Waals surface area contributed by atoms with Crippen LogP contribution in [0.3, 0.4) is 0 Å². The molecule has 0 saturated carbocycles. The molecule has 0 heterocycles. The maximum absolute atomic E-state index is 11.7. The summed E-state index contributed by atoms with van der Waals surface area (Å²) in [5, 5.41) is 29.5. The van der Waals surface area contributed by atoms with Crippen molar-refractivity contribution < 1.29 is 29.7 Å². The van der Waals surface area contributed by atoms with E-state index in [2.05, 4.69) is 12.2 Å². The summed E-state index contributed by atoms with van der Waals surface area (Å²) in [6, 6.07) is -1.17. The Morgan fingerprint density at radius 1 is 1.00 bits per heavy atom. The van der Waals surface area contributed by atoms with E-state index >= 15 is 0 Å². The van der Waals surface area contributed by atoms with Gasteiger partial charge in [0.15, 0.2) is 0 Å². The number of allylic oxidation sites excluding steroid dienone is 3. The first-order valence-corrected chi connectivity index (χ1v) is 9.10. The van der Waals surface area contributed by atoms with Crippen molar-refractivity contribution in [3.8, 4) is 0 Å². The standard InChI is InChI=1S/C19H31NO6/c1-2-3-10-15(21)11-8-6-4-5-7-9-12-17(22)20-16(19(25)26)13-14-18(23)24/h4-5,8,11,15-16,21H,2-3,6-7,9-10,12-14H2,1H3,(H,20,22)(H,23,24)(H,25,26)/b5-4-,11-8-. The Balaban J connectivity index is 3.91. The number of carboxylic acids is 2. The zero-order valence-electron chi connectivity index (χ0n) is 15.4. The molecule has 148 valence electrons. The van der Waals surface area contributed by atoms with E-state index in [4.69, 9.17) is 10.2 Å². The fraction of sp³-hybridized carbons (Fsp3) is 0.632. The van der Waals surface area contributed by atoms with Gasteiger partial charge in [-0.05, 0) is 32.1 Å². The van der Waals surface area contributed by atoms with E-state index in [1.54, 1.807) is 6.08 Å². The van der Waals surface area contributed by atoms with Gasteiger partial charge in [-0.25, -0.2) is 4.79 Å². The number of hydrogen-bond donors (Lipinski definition) is 4. The second kappa shape index (κ2) is 15.1. The van der Waals surface area contributed by atoms with Gasteiger partial charge in [-0.2, -0.15) is 0 Å². The second-order valence-electron chi connectivity index (χ2n) is 6.13. The Morgan fingerprint density at radius 2 is 1.73 bits per heavy atom. The van der Waals surface area contributed by atoms with E-state index in [1.165, 1.54) is 0 Å². The van der Waals surface area contributed by atoms with Crippen molar-refractivity contribution in [2.75, 3.05) is 0 Å². The van der Waals surface area contributed by atoms with Gasteiger partial charge in [0.1, 0.15) is 6.04 Å². The molecule has 0 aliphatic heterocycles. The van der Waals surface area contributed by atoms with Crippen LogP contribution in [0.15, 0.2) is 24.3 Å². The van der Waals surface area contributed by atoms with Crippen LogP contribution >= 0.6 is 0 Å². The average Bonchev–Trinajstić information content (AvgIpc) is 2.58. The van der Waals surface area contributed by atoms with E-state index in [-0.39, 0.29) is 19.3 Å². The summed E-state index contributed by atoms with van der Waals surface area (Å²) in [7, 11) is 0. The smallest absolute Gasteiger partial charge is 0.326 e. The normalized spacial score (nSPS) is 13.8. The number of carbonyl (C=O) groups is 3. The highest BCUT2D eigenvalue weighted by atomic mass is 16.4. The SMILES string of the molecule is CCCCC(O)/C=C\C/C=C\CCCC(=O)NC(CCC(=O)O)C(=O)O. The molecule has 26 heavy (non-hydrogen) atoms. The molecule has 1 amide bonds. The van der Waals surface area contributed by atoms with Gasteiger partial charge in [-0.15, -0.1) is 0 Å². The summed E-state index contributed by atoms with van der Waals surface area (Å²) < 4.78 is 0. The van der Waals surface area contributed by atoms with Crippen molar-refractivity contribution in [2.24, 2.45) is 0 Å². The van der Waals surface area contributed by atoms with Crippen LogP contribution in [-0.2, 0) is 14.4 Å². The lowest BCUT2D eigenvalue weighted by Crippen LogP contribution is -2.41. The van der Waals surface area contributed by atoms with Gasteiger partial charge in [0.25, 0.3) is 0 Å². The van der Waals surface area contributed by atoms with Crippen molar-refractivity contribution in [3.05, 3.63) is 24.3 Å². The molecule has 0 rings (SSSR count). The number of nitrogens with one attached hydrogen (secondary N) is 1. The summed E-state index contributed by atoms with van der Waals surface area (Å²) in [6.45, 7) is 2.08. The molecule has 0 aromatic heterocycles. The summed E-state index contributed by atoms with van der Waals surface area (Å²) in [5.41, 5.74) is 0. The average molecular weight is 369 g/mol. The number of aliphatic carboxylic acids is 2. The molecular formula is C19H31NO6. The van der Waals surface area contributed by atoms with E-state index in [0.717, 1.165) is 19.3 Å². The van der Waals surface area contributed by atoms with E-state index < -0.39 is 30.0 Å². The number of unbranched alkanes of at least 4 members (excludes halogenated alkanes) is 2. The van der Waals surface area contributed by atoms with Crippen LogP contribution < -0.4 is 5.32 Å². The summed E-state index contributed by atoms with van der Waals surface area (Å²) in [5.74, 6) is -2.72. The number of carboxylic acid groups (broad SMARTS) is 2. The number of aliphatic hydroxyl groups excluding tert-OH is 1. The highest BCUT2D eigenvalue weighted by Gasteiger charge is 2.20. The minimum atomic E-state index is -1.23. The molecule has 0 aliphatic rings. The van der Waals surface area contributed by atoms with Crippen molar-refractivity contribution in [2.45, 2.75) is 76.9 Å². The van der Waals surface area contributed by atoms with Gasteiger partial charge >= 0.3 is 11.9 Å². The molecule has 2 unspecified atom stereocenters. The monoisotopic (exact) mass is 369 g/mol. The summed E-state index contributed by atoms with van der Waals surface area (Å²) >= 11 is 0. The zero-order chi connectivity index (χ0) is 19.8. The van der Waals surface area contributed by atoms with Crippen LogP contribution in [0.5, 0.6) is 0 Å². The van der Waals surface area contributed by atoms with Gasteiger partial charge in [0.05, 0.1) is 6.10 Å². The molecular weight excluding hydrogens is 338 g/mol. The van der Waals surface area contributed by atoms with Crippen molar-refractivity contribution in [1.29, 1.82) is 0 Å². The number of amides is 1. The van der Waals surface area contributed by atoms with Gasteiger partial charge in [0, 0.05) is 12.8 Å². The third kappa shape index (κ3) is 14.2. The van der Waals surface area contributed by atoms with Crippen LogP contribution in [0.2, 0.25) is 0 Å². The first-order valence-electron chi connectivity index (χ1n) is 9.10. The Kier molecular flexibility index (Phi) is 13.9. The van der Waals surface area contributed by atoms with Gasteiger partial charge in [-0.1, -0.05) is 44.1 Å². The van der Waals surface area contributed by atoms with Gasteiger partial charge < -0.3 is 20.6 Å². The van der Waals surface area contributed by atoms with Crippen molar-refractivity contribution in [1.82, 2.24) is 5.32 Å². The van der Waals surface area contributed by atoms with Crippen LogP contribution in [0, 0.1) is 0 Å². The van der Waals surface area contributed by atoms with Crippen molar-refractivity contribution in [3.63, 3.8) is 0 Å². The molecule has 0 aliphatic carbocycles. The molecule has 0 radical (unpaired) electrons. The Labute approximate surface area is 154 Å². The van der Waals surface area contributed by atoms with Crippen LogP contribution in [-0.4, -0.2) is 45.3 Å². The minimum Gasteiger partial charge on any atom is -0.481 e. The maximum atomic E-state index is 11.7. The number of carbonyl (C=O) groups excluding carboxylic acids is 1. The first kappa shape index (κ1) is 23.9. The van der Waals surface area contributed by atoms with E-state index in [0.29, 0.717) is 19.3 Å². The highest BCUT2D eigenvalue weighted by molar-refractivity contribution is 5.83. The van der Waals surface area contributed by atoms with Gasteiger partial charge in [-0.3, -0.25) is 9.59 Å². The number of rotatable bonds is 15. The Bertz CT molecular complexity index is 486. The quantitative estimate of drug-likeness (QED) is 0.260. The summed E-state index contributed by atoms with van der Waals surface area (Å²) in [4.78, 5) is 33.2. The van der Waals surface area contributed by atoms with Crippen LogP contribution in [0.25, 0.3) is 0 Å². The van der Waals surface area contributed by atoms with E-state index in [1.807, 2.05) is 18.2 Å². The number of hydrogen-bond acceptors (Lipinski definition) is 4. The van der Waals surface area contributed by atoms with E-state index in [9.17, 15) is 19.5 Å². The van der Waals surface area contributed by atoms with Crippen LogP contribution in [0.4, 0.5) is 0 Å². The molecule has 0 aromatic rings. The Hall–Kier alpha value is -2.15. The summed E-state index contributed by atoms with van der Waals surface area (Å²) in [6.07, 6.45) is 11.8. The topological polar surface area (TPSA) is 124 Å². The molecule has 0 fully saturated rings. The fourth-order valence-corrected chi connectivity index (χ4v) is 2.21. The lowest BCUT2D eigenvalue weighted by molar-refractivity contribution is -0.143. The van der Waals surface area contributed by atoms with Crippen molar-refractivity contribution >= 4 is 17.8 Å². The molecule has 4 N–H and O–H groups in total. The lowest BCUT2D eigenvalue weighted by Gasteiger charge is -2.13. The zero-order valence-corrected chi connectivity index (χ0v) is 15.4. The molecule has 7 nitrogen and oxygen atoms in total. The third-order valence-electron chi connectivity index (χ3n) is 3.71. The largest absolute Gasteiger partial charge is 0.481 e. The van der Waals surface area contributed by atoms with Gasteiger partial charge in [0.2, 0.25) is 5.91 Å². The maximum Gasteiger partial charge on any atom is 0.326 e. The predicted octanol–water partition coefficient (Wildman–Crippen LogP) is 2.64. The highest BCUT2D eigenvalue weighted by Crippen LogP contribution is 2.04. The molecule has 0 saturated heterocycles.